The minimum absolute atomic E-state index is 0.121. The number of thioether (sulfide) groups is 1. The van der Waals surface area contributed by atoms with Gasteiger partial charge in [0, 0.05) is 10.7 Å². The van der Waals surface area contributed by atoms with Crippen molar-refractivity contribution < 1.29 is 13.9 Å². The van der Waals surface area contributed by atoms with E-state index in [9.17, 15) is 4.79 Å². The van der Waals surface area contributed by atoms with Crippen molar-refractivity contribution >= 4 is 35.0 Å². The lowest BCUT2D eigenvalue weighted by Crippen LogP contribution is -2.13. The Morgan fingerprint density at radius 1 is 1.00 bits per heavy atom. The summed E-state index contributed by atoms with van der Waals surface area (Å²) >= 11 is 7.08. The van der Waals surface area contributed by atoms with Gasteiger partial charge in [0.1, 0.15) is 11.5 Å². The summed E-state index contributed by atoms with van der Waals surface area (Å²) in [6.45, 7) is 0. The number of halogens is 1. The van der Waals surface area contributed by atoms with E-state index in [4.69, 9.17) is 20.8 Å². The molecule has 0 aliphatic heterocycles. The first kappa shape index (κ1) is 20.0. The number of aromatic nitrogens is 2. The van der Waals surface area contributed by atoms with Crippen LogP contribution in [0.1, 0.15) is 0 Å². The maximum Gasteiger partial charge on any atom is 0.277 e. The number of nitrogens with zero attached hydrogens (tertiary/aromatic N) is 2. The van der Waals surface area contributed by atoms with Crippen molar-refractivity contribution in [2.45, 2.75) is 5.22 Å². The fourth-order valence-electron chi connectivity index (χ4n) is 2.62. The van der Waals surface area contributed by atoms with Crippen LogP contribution in [-0.4, -0.2) is 21.9 Å². The molecule has 3 aromatic carbocycles. The first-order chi connectivity index (χ1) is 14.7. The molecular formula is C22H16ClN3O3S. The Morgan fingerprint density at radius 3 is 2.63 bits per heavy atom. The van der Waals surface area contributed by atoms with Gasteiger partial charge in [-0.3, -0.25) is 4.79 Å². The standard InChI is InChI=1S/C22H16ClN3O3S/c23-15-7-6-8-16(13-15)24-20(27)14-30-22-26-25-21(29-22)18-11-4-5-12-19(18)28-17-9-2-1-3-10-17/h1-13H,14H2,(H,24,27). The van der Waals surface area contributed by atoms with Crippen LogP contribution in [0, 0.1) is 0 Å². The monoisotopic (exact) mass is 437 g/mol. The summed E-state index contributed by atoms with van der Waals surface area (Å²) in [7, 11) is 0. The predicted octanol–water partition coefficient (Wildman–Crippen LogP) is 5.91. The summed E-state index contributed by atoms with van der Waals surface area (Å²) in [5, 5.41) is 11.7. The molecule has 0 atom stereocenters. The second kappa shape index (κ2) is 9.47. The lowest BCUT2D eigenvalue weighted by Gasteiger charge is -2.08. The van der Waals surface area contributed by atoms with Crippen LogP contribution in [-0.2, 0) is 4.79 Å². The molecule has 0 unspecified atom stereocenters. The van der Waals surface area contributed by atoms with Crippen LogP contribution in [0.5, 0.6) is 11.5 Å². The predicted molar refractivity (Wildman–Crippen MR) is 117 cm³/mol. The number of benzene rings is 3. The molecule has 0 radical (unpaired) electrons. The van der Waals surface area contributed by atoms with Gasteiger partial charge in [0.25, 0.3) is 11.1 Å². The Balaban J connectivity index is 1.41. The summed E-state index contributed by atoms with van der Waals surface area (Å²) < 4.78 is 11.7. The van der Waals surface area contributed by atoms with Gasteiger partial charge in [0.05, 0.1) is 11.3 Å². The van der Waals surface area contributed by atoms with Gasteiger partial charge in [0.2, 0.25) is 5.91 Å². The van der Waals surface area contributed by atoms with Crippen LogP contribution in [0.15, 0.2) is 88.5 Å². The topological polar surface area (TPSA) is 77.2 Å². The average Bonchev–Trinajstić information content (AvgIpc) is 3.22. The SMILES string of the molecule is O=C(CSc1nnc(-c2ccccc2Oc2ccccc2)o1)Nc1cccc(Cl)c1. The van der Waals surface area contributed by atoms with Crippen molar-refractivity contribution in [2.75, 3.05) is 11.1 Å². The number of hydrogen-bond acceptors (Lipinski definition) is 6. The minimum atomic E-state index is -0.199. The molecule has 0 aliphatic carbocycles. The smallest absolute Gasteiger partial charge is 0.277 e. The second-order valence-electron chi connectivity index (χ2n) is 6.13. The third-order valence-corrected chi connectivity index (χ3v) is 4.98. The van der Waals surface area contributed by atoms with Crippen LogP contribution in [0.25, 0.3) is 11.5 Å². The lowest BCUT2D eigenvalue weighted by atomic mass is 10.2. The van der Waals surface area contributed by atoms with E-state index in [1.54, 1.807) is 24.3 Å². The third-order valence-electron chi connectivity index (χ3n) is 3.93. The molecule has 0 aliphatic rings. The van der Waals surface area contributed by atoms with Gasteiger partial charge in [0.15, 0.2) is 0 Å². The molecule has 0 spiro atoms. The molecule has 1 heterocycles. The zero-order valence-electron chi connectivity index (χ0n) is 15.6. The number of anilines is 1. The van der Waals surface area contributed by atoms with Crippen molar-refractivity contribution in [3.8, 4) is 23.0 Å². The summed E-state index contributed by atoms with van der Waals surface area (Å²) in [6.07, 6.45) is 0. The van der Waals surface area contributed by atoms with E-state index in [0.29, 0.717) is 38.9 Å². The lowest BCUT2D eigenvalue weighted by molar-refractivity contribution is -0.113. The van der Waals surface area contributed by atoms with Gasteiger partial charge in [-0.1, -0.05) is 59.8 Å². The number of para-hydroxylation sites is 2. The molecule has 150 valence electrons. The number of carbonyl (C=O) groups is 1. The third kappa shape index (κ3) is 5.20. The molecule has 0 saturated heterocycles. The largest absolute Gasteiger partial charge is 0.457 e. The molecular weight excluding hydrogens is 422 g/mol. The second-order valence-corrected chi connectivity index (χ2v) is 7.49. The Hall–Kier alpha value is -3.29. The molecule has 8 heteroatoms. The van der Waals surface area contributed by atoms with E-state index in [2.05, 4.69) is 15.5 Å². The molecule has 6 nitrogen and oxygen atoms in total. The highest BCUT2D eigenvalue weighted by molar-refractivity contribution is 7.99. The molecule has 4 aromatic rings. The summed E-state index contributed by atoms with van der Waals surface area (Å²) in [6, 6.07) is 23.8. The van der Waals surface area contributed by atoms with Crippen molar-refractivity contribution in [2.24, 2.45) is 0 Å². The van der Waals surface area contributed by atoms with Crippen LogP contribution < -0.4 is 10.1 Å². The first-order valence-electron chi connectivity index (χ1n) is 9.01. The summed E-state index contributed by atoms with van der Waals surface area (Å²) in [4.78, 5) is 12.1. The Morgan fingerprint density at radius 2 is 1.80 bits per heavy atom. The van der Waals surface area contributed by atoms with Gasteiger partial charge in [-0.25, -0.2) is 0 Å². The van der Waals surface area contributed by atoms with Crippen LogP contribution >= 0.6 is 23.4 Å². The van der Waals surface area contributed by atoms with E-state index in [0.717, 1.165) is 11.8 Å². The first-order valence-corrected chi connectivity index (χ1v) is 10.4. The van der Waals surface area contributed by atoms with Crippen molar-refractivity contribution in [3.05, 3.63) is 83.9 Å². The van der Waals surface area contributed by atoms with Crippen molar-refractivity contribution in [1.82, 2.24) is 10.2 Å². The summed E-state index contributed by atoms with van der Waals surface area (Å²) in [5.74, 6) is 1.55. The van der Waals surface area contributed by atoms with E-state index < -0.39 is 0 Å². The number of rotatable bonds is 7. The van der Waals surface area contributed by atoms with Crippen molar-refractivity contribution in [3.63, 3.8) is 0 Å². The number of carbonyl (C=O) groups excluding carboxylic acids is 1. The van der Waals surface area contributed by atoms with Crippen LogP contribution in [0.4, 0.5) is 5.69 Å². The molecule has 0 bridgehead atoms. The van der Waals surface area contributed by atoms with Crippen molar-refractivity contribution in [1.29, 1.82) is 0 Å². The Bertz CT molecular complexity index is 1150. The van der Waals surface area contributed by atoms with Gasteiger partial charge in [-0.2, -0.15) is 0 Å². The van der Waals surface area contributed by atoms with E-state index >= 15 is 0 Å². The molecule has 30 heavy (non-hydrogen) atoms. The van der Waals surface area contributed by atoms with E-state index in [1.165, 1.54) is 0 Å². The normalized spacial score (nSPS) is 10.6. The van der Waals surface area contributed by atoms with Crippen LogP contribution in [0.3, 0.4) is 0 Å². The number of nitrogens with one attached hydrogen (secondary N) is 1. The zero-order chi connectivity index (χ0) is 20.8. The number of hydrogen-bond donors (Lipinski definition) is 1. The fraction of sp³-hybridized carbons (Fsp3) is 0.0455. The van der Waals surface area contributed by atoms with Gasteiger partial charge < -0.3 is 14.5 Å². The van der Waals surface area contributed by atoms with Crippen LogP contribution in [0.2, 0.25) is 5.02 Å². The molecule has 1 N–H and O–H groups in total. The maximum absolute atomic E-state index is 12.1. The molecule has 4 rings (SSSR count). The highest BCUT2D eigenvalue weighted by Crippen LogP contribution is 2.33. The number of ether oxygens (including phenoxy) is 1. The average molecular weight is 438 g/mol. The van der Waals surface area contributed by atoms with Gasteiger partial charge >= 0.3 is 0 Å². The Labute approximate surface area is 182 Å². The number of amides is 1. The minimum Gasteiger partial charge on any atom is -0.457 e. The molecule has 0 fully saturated rings. The highest BCUT2D eigenvalue weighted by Gasteiger charge is 2.15. The molecule has 1 aromatic heterocycles. The Kier molecular flexibility index (Phi) is 6.32. The maximum atomic E-state index is 12.1. The zero-order valence-corrected chi connectivity index (χ0v) is 17.2. The molecule has 0 saturated carbocycles. The molecule has 1 amide bonds. The fourth-order valence-corrected chi connectivity index (χ4v) is 3.37. The quantitative estimate of drug-likeness (QED) is 0.362. The van der Waals surface area contributed by atoms with Gasteiger partial charge in [-0.05, 0) is 42.5 Å². The van der Waals surface area contributed by atoms with E-state index in [1.807, 2.05) is 54.6 Å². The van der Waals surface area contributed by atoms with E-state index in [-0.39, 0.29) is 11.7 Å². The highest BCUT2D eigenvalue weighted by atomic mass is 35.5. The summed E-state index contributed by atoms with van der Waals surface area (Å²) in [5.41, 5.74) is 1.30. The van der Waals surface area contributed by atoms with Gasteiger partial charge in [-0.15, -0.1) is 10.2 Å².